The van der Waals surface area contributed by atoms with E-state index in [1.54, 1.807) is 11.3 Å². The number of aromatic nitrogens is 3. The number of nitrogens with one attached hydrogen (secondary N) is 1. The number of nitrogens with zero attached hydrogens (tertiary/aromatic N) is 5. The van der Waals surface area contributed by atoms with E-state index >= 15 is 0 Å². The van der Waals surface area contributed by atoms with Crippen LogP contribution in [-0.4, -0.2) is 58.5 Å². The maximum Gasteiger partial charge on any atom is 0.194 e. The van der Waals surface area contributed by atoms with Crippen molar-refractivity contribution in [3.05, 3.63) is 34.0 Å². The van der Waals surface area contributed by atoms with Crippen molar-refractivity contribution in [2.75, 3.05) is 32.8 Å². The molecule has 2 aromatic heterocycles. The Kier molecular flexibility index (Phi) is 7.23. The topological polar surface area (TPSA) is 67.6 Å². The van der Waals surface area contributed by atoms with Crippen molar-refractivity contribution in [3.63, 3.8) is 0 Å². The third kappa shape index (κ3) is 5.52. The number of ether oxygens (including phenoxy) is 1. The van der Waals surface area contributed by atoms with Crippen LogP contribution in [0, 0.1) is 12.8 Å². The van der Waals surface area contributed by atoms with Gasteiger partial charge in [0.1, 0.15) is 12.4 Å². The van der Waals surface area contributed by atoms with Gasteiger partial charge in [-0.2, -0.15) is 0 Å². The second-order valence-electron chi connectivity index (χ2n) is 6.88. The van der Waals surface area contributed by atoms with Gasteiger partial charge in [-0.05, 0) is 38.1 Å². The molecule has 1 aliphatic rings. The molecule has 3 rings (SSSR count). The van der Waals surface area contributed by atoms with Crippen LogP contribution in [0.1, 0.15) is 29.9 Å². The summed E-state index contributed by atoms with van der Waals surface area (Å²) in [4.78, 5) is 8.59. The van der Waals surface area contributed by atoms with E-state index < -0.39 is 0 Å². The molecule has 148 valence electrons. The van der Waals surface area contributed by atoms with E-state index in [9.17, 15) is 0 Å². The highest BCUT2D eigenvalue weighted by Crippen LogP contribution is 2.17. The van der Waals surface area contributed by atoms with Gasteiger partial charge in [0.15, 0.2) is 11.8 Å². The Morgan fingerprint density at radius 1 is 1.44 bits per heavy atom. The number of aliphatic imine (C=N–C) groups is 1. The number of likely N-dealkylation sites (tertiary alicyclic amines) is 1. The minimum atomic E-state index is 0.533. The highest BCUT2D eigenvalue weighted by atomic mass is 32.1. The van der Waals surface area contributed by atoms with E-state index in [-0.39, 0.29) is 0 Å². The predicted octanol–water partition coefficient (Wildman–Crippen LogP) is 2.23. The highest BCUT2D eigenvalue weighted by molar-refractivity contribution is 7.09. The Labute approximate surface area is 165 Å². The molecule has 1 saturated heterocycles. The van der Waals surface area contributed by atoms with Gasteiger partial charge >= 0.3 is 0 Å². The van der Waals surface area contributed by atoms with Gasteiger partial charge < -0.3 is 19.5 Å². The minimum Gasteiger partial charge on any atom is -0.381 e. The molecule has 1 N–H and O–H groups in total. The number of hydrogen-bond donors (Lipinski definition) is 1. The third-order valence-electron chi connectivity index (χ3n) is 4.93. The highest BCUT2D eigenvalue weighted by Gasteiger charge is 2.25. The number of guanidine groups is 1. The van der Waals surface area contributed by atoms with Crippen molar-refractivity contribution in [2.45, 2.75) is 33.2 Å². The molecule has 0 aromatic carbocycles. The van der Waals surface area contributed by atoms with Gasteiger partial charge in [0.2, 0.25) is 0 Å². The van der Waals surface area contributed by atoms with E-state index in [4.69, 9.17) is 9.73 Å². The van der Waals surface area contributed by atoms with E-state index in [0.717, 1.165) is 63.3 Å². The van der Waals surface area contributed by atoms with Crippen LogP contribution in [0.25, 0.3) is 0 Å². The van der Waals surface area contributed by atoms with Gasteiger partial charge in [0, 0.05) is 44.1 Å². The average molecular weight is 391 g/mol. The molecule has 0 aliphatic carbocycles. The molecule has 27 heavy (non-hydrogen) atoms. The first-order chi connectivity index (χ1) is 13.2. The lowest BCUT2D eigenvalue weighted by Crippen LogP contribution is -2.41. The summed E-state index contributed by atoms with van der Waals surface area (Å²) in [6.45, 7) is 9.03. The van der Waals surface area contributed by atoms with Crippen LogP contribution >= 0.6 is 11.3 Å². The number of aryl methyl sites for hydroxylation is 1. The molecule has 1 fully saturated rings. The van der Waals surface area contributed by atoms with Crippen molar-refractivity contribution in [3.8, 4) is 0 Å². The molecule has 1 unspecified atom stereocenters. The molecule has 0 saturated carbocycles. The molecule has 0 bridgehead atoms. The van der Waals surface area contributed by atoms with Crippen LogP contribution in [-0.2, 0) is 24.8 Å². The van der Waals surface area contributed by atoms with Crippen LogP contribution in [0.3, 0.4) is 0 Å². The van der Waals surface area contributed by atoms with E-state index in [2.05, 4.69) is 44.9 Å². The fourth-order valence-electron chi connectivity index (χ4n) is 3.20. The summed E-state index contributed by atoms with van der Waals surface area (Å²) in [7, 11) is 1.98. The van der Waals surface area contributed by atoms with Crippen molar-refractivity contribution in [1.29, 1.82) is 0 Å². The van der Waals surface area contributed by atoms with E-state index in [1.165, 1.54) is 4.88 Å². The van der Waals surface area contributed by atoms with Crippen LogP contribution in [0.5, 0.6) is 0 Å². The number of rotatable bonds is 8. The lowest BCUT2D eigenvalue weighted by atomic mass is 10.1. The first-order valence-electron chi connectivity index (χ1n) is 9.65. The summed E-state index contributed by atoms with van der Waals surface area (Å²) in [6.07, 6.45) is 2.16. The lowest BCUT2D eigenvalue weighted by Gasteiger charge is -2.22. The van der Waals surface area contributed by atoms with Crippen LogP contribution in [0.15, 0.2) is 22.5 Å². The van der Waals surface area contributed by atoms with Gasteiger partial charge in [0.05, 0.1) is 6.61 Å². The summed E-state index contributed by atoms with van der Waals surface area (Å²) >= 11 is 1.80. The second-order valence-corrected chi connectivity index (χ2v) is 7.91. The molecule has 1 aliphatic heterocycles. The molecule has 0 spiro atoms. The summed E-state index contributed by atoms with van der Waals surface area (Å²) in [5.41, 5.74) is 0. The van der Waals surface area contributed by atoms with Gasteiger partial charge in [-0.25, -0.2) is 4.99 Å². The van der Waals surface area contributed by atoms with Crippen LogP contribution < -0.4 is 5.32 Å². The minimum absolute atomic E-state index is 0.533. The zero-order chi connectivity index (χ0) is 19.1. The van der Waals surface area contributed by atoms with Gasteiger partial charge in [0.25, 0.3) is 0 Å². The summed E-state index contributed by atoms with van der Waals surface area (Å²) in [5, 5.41) is 14.0. The molecule has 3 heterocycles. The molecule has 0 amide bonds. The van der Waals surface area contributed by atoms with Gasteiger partial charge in [-0.15, -0.1) is 21.5 Å². The first-order valence-corrected chi connectivity index (χ1v) is 10.5. The quantitative estimate of drug-likeness (QED) is 0.553. The summed E-state index contributed by atoms with van der Waals surface area (Å²) < 4.78 is 7.61. The van der Waals surface area contributed by atoms with Crippen LogP contribution in [0.2, 0.25) is 0 Å². The Morgan fingerprint density at radius 2 is 2.33 bits per heavy atom. The Bertz CT molecular complexity index is 727. The molecular weight excluding hydrogens is 360 g/mol. The van der Waals surface area contributed by atoms with E-state index in [0.29, 0.717) is 12.5 Å². The smallest absolute Gasteiger partial charge is 0.194 e. The zero-order valence-corrected chi connectivity index (χ0v) is 17.3. The maximum absolute atomic E-state index is 5.62. The van der Waals surface area contributed by atoms with Crippen molar-refractivity contribution >= 4 is 17.3 Å². The molecular formula is C19H30N6OS. The Morgan fingerprint density at radius 3 is 3.04 bits per heavy atom. The second kappa shape index (κ2) is 9.85. The number of thiophene rings is 1. The zero-order valence-electron chi connectivity index (χ0n) is 16.5. The van der Waals surface area contributed by atoms with Crippen LogP contribution in [0.4, 0.5) is 0 Å². The molecule has 8 heteroatoms. The predicted molar refractivity (Wildman–Crippen MR) is 109 cm³/mol. The Hall–Kier alpha value is -1.93. The standard InChI is InChI=1S/C19H30N6OS/c1-4-26-14-16-8-10-25(13-16)19(20-9-7-17-6-5-11-27-17)21-12-18-23-22-15(2)24(18)3/h5-6,11,16H,4,7-10,12-14H2,1-3H3,(H,20,21). The summed E-state index contributed by atoms with van der Waals surface area (Å²) in [6, 6.07) is 4.28. The SMILES string of the molecule is CCOCC1CCN(C(=NCc2nnc(C)n2C)NCCc2cccs2)C1. The molecule has 1 atom stereocenters. The first kappa shape index (κ1) is 19.8. The molecule has 0 radical (unpaired) electrons. The largest absolute Gasteiger partial charge is 0.381 e. The average Bonchev–Trinajstić information content (AvgIpc) is 3.41. The normalized spacial score (nSPS) is 17.7. The lowest BCUT2D eigenvalue weighted by molar-refractivity contribution is 0.114. The molecule has 7 nitrogen and oxygen atoms in total. The monoisotopic (exact) mass is 390 g/mol. The third-order valence-corrected chi connectivity index (χ3v) is 5.87. The molecule has 2 aromatic rings. The Balaban J connectivity index is 1.62. The van der Waals surface area contributed by atoms with Gasteiger partial charge in [-0.1, -0.05) is 6.07 Å². The fraction of sp³-hybridized carbons (Fsp3) is 0.632. The van der Waals surface area contributed by atoms with Crippen molar-refractivity contribution in [2.24, 2.45) is 18.0 Å². The van der Waals surface area contributed by atoms with Crippen molar-refractivity contribution < 1.29 is 4.74 Å². The van der Waals surface area contributed by atoms with E-state index in [1.807, 2.05) is 18.5 Å². The summed E-state index contributed by atoms with van der Waals surface area (Å²) in [5.74, 6) is 3.33. The maximum atomic E-state index is 5.62. The van der Waals surface area contributed by atoms with Crippen molar-refractivity contribution in [1.82, 2.24) is 25.0 Å². The van der Waals surface area contributed by atoms with Gasteiger partial charge in [-0.3, -0.25) is 0 Å². The fourth-order valence-corrected chi connectivity index (χ4v) is 3.91. The number of hydrogen-bond acceptors (Lipinski definition) is 5.